The SMILES string of the molecule is Cc1ccc(F)cc1-c1ccc([C]=O)o1. The molecule has 1 radical (unpaired) electrons. The minimum absolute atomic E-state index is 0.119. The van der Waals surface area contributed by atoms with Crippen LogP contribution in [0, 0.1) is 12.7 Å². The van der Waals surface area contributed by atoms with Crippen LogP contribution < -0.4 is 0 Å². The molecule has 0 aliphatic carbocycles. The van der Waals surface area contributed by atoms with Crippen LogP contribution >= 0.6 is 0 Å². The molecule has 1 aromatic heterocycles. The van der Waals surface area contributed by atoms with Gasteiger partial charge in [-0.3, -0.25) is 4.79 Å². The van der Waals surface area contributed by atoms with Crippen molar-refractivity contribution in [2.75, 3.05) is 0 Å². The summed E-state index contributed by atoms with van der Waals surface area (Å²) in [7, 11) is 0. The average Bonchev–Trinajstić information content (AvgIpc) is 2.70. The number of aryl methyl sites for hydroxylation is 1. The van der Waals surface area contributed by atoms with Crippen molar-refractivity contribution in [1.82, 2.24) is 0 Å². The number of furan rings is 1. The van der Waals surface area contributed by atoms with E-state index in [2.05, 4.69) is 0 Å². The number of halogens is 1. The third-order valence-electron chi connectivity index (χ3n) is 2.17. The lowest BCUT2D eigenvalue weighted by atomic mass is 10.1. The van der Waals surface area contributed by atoms with E-state index in [9.17, 15) is 9.18 Å². The standard InChI is InChI=1S/C12H8FO2/c1-8-2-3-9(13)6-11(8)12-5-4-10(7-14)15-12/h2-6H,1H3. The molecular weight excluding hydrogens is 195 g/mol. The van der Waals surface area contributed by atoms with Crippen molar-refractivity contribution >= 4 is 6.29 Å². The van der Waals surface area contributed by atoms with E-state index in [1.807, 2.05) is 6.92 Å². The molecule has 2 rings (SSSR count). The summed E-state index contributed by atoms with van der Waals surface area (Å²) >= 11 is 0. The number of hydrogen-bond donors (Lipinski definition) is 0. The molecule has 0 aliphatic heterocycles. The molecule has 0 unspecified atom stereocenters. The van der Waals surface area contributed by atoms with Crippen molar-refractivity contribution in [3.8, 4) is 11.3 Å². The Kier molecular flexibility index (Phi) is 2.37. The fourth-order valence-electron chi connectivity index (χ4n) is 1.40. The van der Waals surface area contributed by atoms with E-state index in [0.717, 1.165) is 5.56 Å². The zero-order valence-corrected chi connectivity index (χ0v) is 8.08. The van der Waals surface area contributed by atoms with Crippen LogP contribution in [-0.4, -0.2) is 6.29 Å². The van der Waals surface area contributed by atoms with Crippen molar-refractivity contribution in [3.63, 3.8) is 0 Å². The highest BCUT2D eigenvalue weighted by molar-refractivity contribution is 5.73. The molecule has 3 heteroatoms. The third-order valence-corrected chi connectivity index (χ3v) is 2.17. The van der Waals surface area contributed by atoms with Crippen molar-refractivity contribution < 1.29 is 13.6 Å². The normalized spacial score (nSPS) is 10.3. The van der Waals surface area contributed by atoms with Crippen LogP contribution in [0.1, 0.15) is 11.3 Å². The summed E-state index contributed by atoms with van der Waals surface area (Å²) in [5, 5.41) is 0. The summed E-state index contributed by atoms with van der Waals surface area (Å²) < 4.78 is 18.2. The molecule has 1 heterocycles. The van der Waals surface area contributed by atoms with E-state index in [4.69, 9.17) is 4.42 Å². The predicted molar refractivity (Wildman–Crippen MR) is 53.6 cm³/mol. The third kappa shape index (κ3) is 1.81. The van der Waals surface area contributed by atoms with E-state index in [0.29, 0.717) is 11.3 Å². The quantitative estimate of drug-likeness (QED) is 0.751. The fourth-order valence-corrected chi connectivity index (χ4v) is 1.40. The van der Waals surface area contributed by atoms with Gasteiger partial charge in [-0.15, -0.1) is 0 Å². The van der Waals surface area contributed by atoms with Crippen molar-refractivity contribution in [3.05, 3.63) is 47.5 Å². The van der Waals surface area contributed by atoms with Crippen molar-refractivity contribution in [2.45, 2.75) is 6.92 Å². The highest BCUT2D eigenvalue weighted by Crippen LogP contribution is 2.25. The maximum atomic E-state index is 13.0. The molecule has 0 aliphatic rings. The average molecular weight is 203 g/mol. The number of carbonyl (C=O) groups excluding carboxylic acids is 1. The largest absolute Gasteiger partial charge is 0.452 e. The summed E-state index contributed by atoms with van der Waals surface area (Å²) in [6.45, 7) is 1.85. The van der Waals surface area contributed by atoms with Gasteiger partial charge in [0.1, 0.15) is 11.6 Å². The molecule has 0 atom stereocenters. The van der Waals surface area contributed by atoms with E-state index in [1.54, 1.807) is 18.4 Å². The Labute approximate surface area is 86.3 Å². The van der Waals surface area contributed by atoms with Crippen LogP contribution in [0.25, 0.3) is 11.3 Å². The lowest BCUT2D eigenvalue weighted by molar-refractivity contribution is 0.524. The number of rotatable bonds is 2. The first-order valence-corrected chi connectivity index (χ1v) is 4.45. The van der Waals surface area contributed by atoms with E-state index in [1.165, 1.54) is 18.2 Å². The second-order valence-corrected chi connectivity index (χ2v) is 3.23. The van der Waals surface area contributed by atoms with Crippen LogP contribution in [0.3, 0.4) is 0 Å². The van der Waals surface area contributed by atoms with Gasteiger partial charge in [-0.2, -0.15) is 0 Å². The first kappa shape index (κ1) is 9.65. The molecule has 0 spiro atoms. The van der Waals surface area contributed by atoms with Crippen LogP contribution in [0.4, 0.5) is 4.39 Å². The molecule has 2 aromatic rings. The topological polar surface area (TPSA) is 30.2 Å². The van der Waals surface area contributed by atoms with E-state index in [-0.39, 0.29) is 11.6 Å². The van der Waals surface area contributed by atoms with Gasteiger partial charge in [0, 0.05) is 5.56 Å². The second-order valence-electron chi connectivity index (χ2n) is 3.23. The molecule has 0 amide bonds. The Balaban J connectivity index is 2.52. The second kappa shape index (κ2) is 3.69. The summed E-state index contributed by atoms with van der Waals surface area (Å²) in [6.07, 6.45) is 1.64. The lowest BCUT2D eigenvalue weighted by Crippen LogP contribution is -1.83. The molecule has 0 saturated carbocycles. The fraction of sp³-hybridized carbons (Fsp3) is 0.0833. The van der Waals surface area contributed by atoms with Gasteiger partial charge in [0.05, 0.1) is 0 Å². The molecule has 15 heavy (non-hydrogen) atoms. The Bertz CT molecular complexity index is 500. The zero-order valence-electron chi connectivity index (χ0n) is 8.08. The highest BCUT2D eigenvalue weighted by atomic mass is 19.1. The summed E-state index contributed by atoms with van der Waals surface area (Å²) in [5.74, 6) is 0.266. The van der Waals surface area contributed by atoms with Gasteiger partial charge >= 0.3 is 0 Å². The molecule has 0 bridgehead atoms. The number of hydrogen-bond acceptors (Lipinski definition) is 2. The van der Waals surface area contributed by atoms with Gasteiger partial charge in [0.15, 0.2) is 5.76 Å². The smallest absolute Gasteiger partial charge is 0.271 e. The van der Waals surface area contributed by atoms with Crippen molar-refractivity contribution in [1.29, 1.82) is 0 Å². The maximum absolute atomic E-state index is 13.0. The van der Waals surface area contributed by atoms with Crippen LogP contribution in [0.5, 0.6) is 0 Å². The molecule has 0 saturated heterocycles. The Morgan fingerprint density at radius 2 is 2.07 bits per heavy atom. The minimum Gasteiger partial charge on any atom is -0.452 e. The first-order chi connectivity index (χ1) is 7.20. The van der Waals surface area contributed by atoms with Gasteiger partial charge in [-0.05, 0) is 36.8 Å². The Hall–Kier alpha value is -1.90. The van der Waals surface area contributed by atoms with Gasteiger partial charge in [0.2, 0.25) is 0 Å². The van der Waals surface area contributed by atoms with Gasteiger partial charge in [0.25, 0.3) is 6.29 Å². The first-order valence-electron chi connectivity index (χ1n) is 4.45. The summed E-state index contributed by atoms with van der Waals surface area (Å²) in [5.41, 5.74) is 1.54. The lowest BCUT2D eigenvalue weighted by Gasteiger charge is -2.01. The Morgan fingerprint density at radius 3 is 2.73 bits per heavy atom. The molecular formula is C12H8FO2. The van der Waals surface area contributed by atoms with Crippen LogP contribution in [0.15, 0.2) is 34.7 Å². The van der Waals surface area contributed by atoms with Crippen LogP contribution in [-0.2, 0) is 4.79 Å². The Morgan fingerprint density at radius 1 is 1.27 bits per heavy atom. The number of benzene rings is 1. The van der Waals surface area contributed by atoms with E-state index >= 15 is 0 Å². The van der Waals surface area contributed by atoms with Crippen molar-refractivity contribution in [2.24, 2.45) is 0 Å². The molecule has 2 nitrogen and oxygen atoms in total. The highest BCUT2D eigenvalue weighted by Gasteiger charge is 2.08. The summed E-state index contributed by atoms with van der Waals surface area (Å²) in [4.78, 5) is 10.3. The monoisotopic (exact) mass is 203 g/mol. The molecule has 75 valence electrons. The van der Waals surface area contributed by atoms with E-state index < -0.39 is 0 Å². The summed E-state index contributed by atoms with van der Waals surface area (Å²) in [6, 6.07) is 7.56. The molecule has 0 N–H and O–H groups in total. The maximum Gasteiger partial charge on any atom is 0.271 e. The molecule has 1 aromatic carbocycles. The van der Waals surface area contributed by atoms with Crippen LogP contribution in [0.2, 0.25) is 0 Å². The molecule has 0 fully saturated rings. The minimum atomic E-state index is -0.330. The zero-order chi connectivity index (χ0) is 10.8. The van der Waals surface area contributed by atoms with Gasteiger partial charge in [-0.25, -0.2) is 4.39 Å². The van der Waals surface area contributed by atoms with Gasteiger partial charge < -0.3 is 4.42 Å². The predicted octanol–water partition coefficient (Wildman–Crippen LogP) is 2.85. The van der Waals surface area contributed by atoms with Gasteiger partial charge in [-0.1, -0.05) is 6.07 Å².